The second-order valence-corrected chi connectivity index (χ2v) is 19.6. The van der Waals surface area contributed by atoms with Gasteiger partial charge in [-0.25, -0.2) is 0 Å². The highest BCUT2D eigenvalue weighted by molar-refractivity contribution is 5.78. The van der Waals surface area contributed by atoms with Crippen molar-refractivity contribution in [3.05, 3.63) is 47.1 Å². The molecule has 0 amide bonds. The molecular weight excluding hydrogens is 813 g/mol. The van der Waals surface area contributed by atoms with Gasteiger partial charge in [-0.1, -0.05) is 64.5 Å². The van der Waals surface area contributed by atoms with Crippen molar-refractivity contribution >= 4 is 5.97 Å². The molecule has 6 aliphatic heterocycles. The standard InChI is InChI=1S/C49H76O14/c1-12-26(2)43-29(5)18-19-48(63-43)24-35-21-34(62-48)17-16-28(4)42(60-40-23-38(54-10)45(32(8)58-40)61-39-22-37(53-9)41(50)31(7)57-39)27(3)14-13-15-33-25-56-46-44(55-11)30(6)20-36(47(51)59-35)49(33,46)52/h13-16,20,26-27,29,31-32,34-46,50,52H,12,17-19,21-25H2,1-11H3/b14-13+,28-16+,33-15+/t26-,27-,29-,31-,32-,34+,35-,36-,37-,38-,39-,40-,41-,42-,43-,44+,45-,46+,48+,49+/m0/s1. The van der Waals surface area contributed by atoms with Crippen LogP contribution in [0.1, 0.15) is 107 Å². The van der Waals surface area contributed by atoms with Crippen LogP contribution in [0.5, 0.6) is 0 Å². The molecule has 14 nitrogen and oxygen atoms in total. The van der Waals surface area contributed by atoms with Gasteiger partial charge in [0, 0.05) is 59.4 Å². The number of allylic oxidation sites excluding steroid dienone is 2. The van der Waals surface area contributed by atoms with Gasteiger partial charge >= 0.3 is 5.97 Å². The molecule has 7 rings (SSSR count). The van der Waals surface area contributed by atoms with Crippen LogP contribution in [0.2, 0.25) is 0 Å². The van der Waals surface area contributed by atoms with Gasteiger partial charge in [0.05, 0.1) is 49.3 Å². The van der Waals surface area contributed by atoms with Crippen molar-refractivity contribution in [1.82, 2.24) is 0 Å². The summed E-state index contributed by atoms with van der Waals surface area (Å²) in [5.41, 5.74) is 0.680. The van der Waals surface area contributed by atoms with E-state index in [1.165, 1.54) is 0 Å². The third-order valence-electron chi connectivity index (χ3n) is 15.2. The molecule has 0 aromatic heterocycles. The highest BCUT2D eigenvalue weighted by Gasteiger charge is 2.60. The Kier molecular flexibility index (Phi) is 15.9. The van der Waals surface area contributed by atoms with Crippen molar-refractivity contribution in [2.45, 2.75) is 204 Å². The number of esters is 1. The Morgan fingerprint density at radius 3 is 2.32 bits per heavy atom. The van der Waals surface area contributed by atoms with E-state index in [0.717, 1.165) is 24.0 Å². The molecule has 0 radical (unpaired) electrons. The number of carbonyl (C=O) groups is 1. The number of hydrogen-bond acceptors (Lipinski definition) is 14. The van der Waals surface area contributed by atoms with Crippen LogP contribution in [0.3, 0.4) is 0 Å². The maximum Gasteiger partial charge on any atom is 0.316 e. The fourth-order valence-corrected chi connectivity index (χ4v) is 11.2. The number of rotatable bonds is 9. The molecular formula is C49H76O14. The van der Waals surface area contributed by atoms with Gasteiger partial charge in [-0.2, -0.15) is 0 Å². The molecule has 14 heteroatoms. The van der Waals surface area contributed by atoms with Crippen LogP contribution in [0, 0.1) is 23.7 Å². The first-order valence-corrected chi connectivity index (χ1v) is 23.6. The van der Waals surface area contributed by atoms with E-state index >= 15 is 0 Å². The van der Waals surface area contributed by atoms with Crippen molar-refractivity contribution in [2.75, 3.05) is 27.9 Å². The van der Waals surface area contributed by atoms with E-state index in [9.17, 15) is 15.0 Å². The maximum absolute atomic E-state index is 14.5. The molecule has 6 heterocycles. The lowest BCUT2D eigenvalue weighted by Crippen LogP contribution is -2.58. The van der Waals surface area contributed by atoms with E-state index in [4.69, 9.17) is 52.1 Å². The van der Waals surface area contributed by atoms with Gasteiger partial charge in [-0.15, -0.1) is 0 Å². The summed E-state index contributed by atoms with van der Waals surface area (Å²) < 4.78 is 70.2. The number of hydrogen-bond donors (Lipinski definition) is 2. The Bertz CT molecular complexity index is 1690. The molecule has 63 heavy (non-hydrogen) atoms. The number of aliphatic hydroxyl groups excluding tert-OH is 1. The average Bonchev–Trinajstić information content (AvgIpc) is 3.59. The third-order valence-corrected chi connectivity index (χ3v) is 15.2. The monoisotopic (exact) mass is 889 g/mol. The van der Waals surface area contributed by atoms with Crippen molar-refractivity contribution in [2.24, 2.45) is 23.7 Å². The highest BCUT2D eigenvalue weighted by atomic mass is 16.7. The van der Waals surface area contributed by atoms with E-state index in [-0.39, 0.29) is 30.8 Å². The Balaban J connectivity index is 1.18. The molecule has 0 saturated carbocycles. The molecule has 0 aromatic carbocycles. The summed E-state index contributed by atoms with van der Waals surface area (Å²) in [6.45, 7) is 16.6. The highest BCUT2D eigenvalue weighted by Crippen LogP contribution is 2.48. The van der Waals surface area contributed by atoms with Crippen LogP contribution in [-0.4, -0.2) is 141 Å². The minimum absolute atomic E-state index is 0.00634. The fourth-order valence-electron chi connectivity index (χ4n) is 11.2. The molecule has 7 aliphatic rings. The zero-order valence-electron chi connectivity index (χ0n) is 39.4. The molecule has 5 fully saturated rings. The molecule has 356 valence electrons. The number of methoxy groups -OCH3 is 3. The molecule has 2 bridgehead atoms. The zero-order chi connectivity index (χ0) is 45.4. The topological polar surface area (TPSA) is 159 Å². The smallest absolute Gasteiger partial charge is 0.316 e. The van der Waals surface area contributed by atoms with Crippen LogP contribution >= 0.6 is 0 Å². The van der Waals surface area contributed by atoms with Crippen LogP contribution in [0.25, 0.3) is 0 Å². The number of ether oxygens (including phenoxy) is 11. The van der Waals surface area contributed by atoms with E-state index in [0.29, 0.717) is 55.9 Å². The van der Waals surface area contributed by atoms with Gasteiger partial charge in [0.1, 0.15) is 42.0 Å². The number of fused-ring (bicyclic) bond motifs is 2. The lowest BCUT2D eigenvalue weighted by atomic mass is 9.70. The van der Waals surface area contributed by atoms with Crippen molar-refractivity contribution < 1.29 is 67.1 Å². The first-order valence-electron chi connectivity index (χ1n) is 23.6. The Morgan fingerprint density at radius 1 is 0.889 bits per heavy atom. The van der Waals surface area contributed by atoms with Gasteiger partial charge in [0.2, 0.25) is 0 Å². The lowest BCUT2D eigenvalue weighted by molar-refractivity contribution is -0.340. The predicted octanol–water partition coefficient (Wildman–Crippen LogP) is 6.26. The average molecular weight is 889 g/mol. The maximum atomic E-state index is 14.5. The largest absolute Gasteiger partial charge is 0.462 e. The van der Waals surface area contributed by atoms with Gasteiger partial charge in [0.15, 0.2) is 18.4 Å². The second kappa shape index (κ2) is 20.4. The SMILES string of the molecule is CC[C@H](C)[C@@H]1O[C@]2(CC[C@@H]1C)C[C@@H]1C[C@@H](C/C=C(\C)[C@@H](O[C@H]3C[C@H](OC)[C@@H](O[C@H]4C[C@H](OC)[C@@H](O)[C@H](C)O4)[C@H](C)O3)[C@@H](C)/C=C/C=C3\CO[C@@H]4[C@H](OC)C(C)=C[C@@H](C(=O)O1)[C@]34O)O2. The first kappa shape index (κ1) is 48.9. The Labute approximate surface area is 374 Å². The minimum Gasteiger partial charge on any atom is -0.462 e. The van der Waals surface area contributed by atoms with Gasteiger partial charge in [-0.3, -0.25) is 4.79 Å². The van der Waals surface area contributed by atoms with Crippen molar-refractivity contribution in [1.29, 1.82) is 0 Å². The fraction of sp³-hybridized carbons (Fsp3) is 0.816. The molecule has 1 spiro atoms. The summed E-state index contributed by atoms with van der Waals surface area (Å²) in [4.78, 5) is 14.5. The van der Waals surface area contributed by atoms with E-state index < -0.39 is 90.8 Å². The van der Waals surface area contributed by atoms with Gasteiger partial charge < -0.3 is 62.3 Å². The van der Waals surface area contributed by atoms with Crippen LogP contribution in [0.4, 0.5) is 0 Å². The molecule has 20 atom stereocenters. The minimum atomic E-state index is -1.70. The second-order valence-electron chi connectivity index (χ2n) is 19.6. The number of aliphatic hydroxyl groups is 2. The van der Waals surface area contributed by atoms with Crippen LogP contribution in [-0.2, 0) is 56.9 Å². The van der Waals surface area contributed by atoms with Crippen molar-refractivity contribution in [3.8, 4) is 0 Å². The third kappa shape index (κ3) is 10.1. The lowest BCUT2D eigenvalue weighted by Gasteiger charge is -2.51. The summed E-state index contributed by atoms with van der Waals surface area (Å²) in [6.07, 6.45) is 7.93. The Hall–Kier alpha value is -2.05. The predicted molar refractivity (Wildman–Crippen MR) is 232 cm³/mol. The summed E-state index contributed by atoms with van der Waals surface area (Å²) in [7, 11) is 4.83. The molecule has 0 unspecified atom stereocenters. The normalized spacial score (nSPS) is 48.8. The van der Waals surface area contributed by atoms with Gasteiger partial charge in [-0.05, 0) is 69.1 Å². The summed E-state index contributed by atoms with van der Waals surface area (Å²) in [5.74, 6) is -1.89. The summed E-state index contributed by atoms with van der Waals surface area (Å²) in [5, 5.41) is 23.3. The Morgan fingerprint density at radius 2 is 1.60 bits per heavy atom. The van der Waals surface area contributed by atoms with Gasteiger partial charge in [0.25, 0.3) is 0 Å². The zero-order valence-corrected chi connectivity index (χ0v) is 39.4. The van der Waals surface area contributed by atoms with Crippen LogP contribution in [0.15, 0.2) is 47.1 Å². The van der Waals surface area contributed by atoms with E-state index in [2.05, 4.69) is 40.7 Å². The molecule has 5 saturated heterocycles. The van der Waals surface area contributed by atoms with E-state index in [1.54, 1.807) is 27.4 Å². The molecule has 1 aliphatic carbocycles. The summed E-state index contributed by atoms with van der Waals surface area (Å²) in [6, 6.07) is 0. The summed E-state index contributed by atoms with van der Waals surface area (Å²) >= 11 is 0. The number of carbonyl (C=O) groups excluding carboxylic acids is 1. The van der Waals surface area contributed by atoms with Crippen molar-refractivity contribution in [3.63, 3.8) is 0 Å². The molecule has 0 aromatic rings. The first-order chi connectivity index (χ1) is 30.0. The quantitative estimate of drug-likeness (QED) is 0.198. The molecule has 2 N–H and O–H groups in total. The van der Waals surface area contributed by atoms with Crippen LogP contribution < -0.4 is 0 Å². The van der Waals surface area contributed by atoms with E-state index in [1.807, 2.05) is 39.0 Å².